The smallest absolute Gasteiger partial charge is 0.202 e. The molecule has 2 aliphatic heterocycles. The van der Waals surface area contributed by atoms with Gasteiger partial charge in [-0.15, -0.1) is 0 Å². The molecule has 39 heavy (non-hydrogen) atoms. The van der Waals surface area contributed by atoms with Gasteiger partial charge in [0.25, 0.3) is 0 Å². The Morgan fingerprint density at radius 3 is 2.87 bits per heavy atom. The van der Waals surface area contributed by atoms with E-state index < -0.39 is 11.6 Å². The Labute approximate surface area is 222 Å². The first kappa shape index (κ1) is 24.9. The fourth-order valence-corrected chi connectivity index (χ4v) is 5.52. The maximum atomic E-state index is 14.4. The highest BCUT2D eigenvalue weighted by molar-refractivity contribution is 5.86. The summed E-state index contributed by atoms with van der Waals surface area (Å²) in [6.07, 6.45) is 10.2. The molecular weight excluding hydrogens is 504 g/mol. The van der Waals surface area contributed by atoms with Crippen molar-refractivity contribution in [3.63, 3.8) is 0 Å². The first-order valence-electron chi connectivity index (χ1n) is 12.8. The van der Waals surface area contributed by atoms with Crippen LogP contribution in [-0.4, -0.2) is 50.2 Å². The van der Waals surface area contributed by atoms with Crippen LogP contribution < -0.4 is 15.1 Å². The summed E-state index contributed by atoms with van der Waals surface area (Å²) in [4.78, 5) is 30.8. The number of nitriles is 1. The van der Waals surface area contributed by atoms with Crippen LogP contribution in [0.4, 0.5) is 14.6 Å². The molecule has 0 aliphatic carbocycles. The number of rotatable bonds is 6. The van der Waals surface area contributed by atoms with Gasteiger partial charge < -0.3 is 14.2 Å². The Hall–Kier alpha value is -4.43. The summed E-state index contributed by atoms with van der Waals surface area (Å²) in [6.45, 7) is 2.87. The zero-order valence-electron chi connectivity index (χ0n) is 21.1. The molecule has 0 radical (unpaired) electrons. The Morgan fingerprint density at radius 2 is 2.05 bits per heavy atom. The van der Waals surface area contributed by atoms with Crippen molar-refractivity contribution >= 4 is 16.7 Å². The first-order valence-corrected chi connectivity index (χ1v) is 12.8. The van der Waals surface area contributed by atoms with Crippen LogP contribution in [0.25, 0.3) is 10.9 Å². The lowest BCUT2D eigenvalue weighted by atomic mass is 10.0. The van der Waals surface area contributed by atoms with Crippen molar-refractivity contribution < 1.29 is 13.5 Å². The van der Waals surface area contributed by atoms with Crippen LogP contribution in [-0.2, 0) is 19.6 Å². The first-order chi connectivity index (χ1) is 19.0. The molecule has 1 atom stereocenters. The van der Waals surface area contributed by atoms with E-state index in [2.05, 4.69) is 30.8 Å². The summed E-state index contributed by atoms with van der Waals surface area (Å²) in [5.74, 6) is -1.62. The molecule has 1 unspecified atom stereocenters. The van der Waals surface area contributed by atoms with Crippen molar-refractivity contribution in [2.45, 2.75) is 38.5 Å². The van der Waals surface area contributed by atoms with E-state index in [1.807, 2.05) is 6.07 Å². The molecule has 3 aromatic heterocycles. The normalized spacial score (nSPS) is 16.8. The summed E-state index contributed by atoms with van der Waals surface area (Å²) >= 11 is 0. The number of piperidine rings is 1. The van der Waals surface area contributed by atoms with Gasteiger partial charge in [0.2, 0.25) is 5.82 Å². The van der Waals surface area contributed by atoms with Crippen LogP contribution in [0.2, 0.25) is 0 Å². The number of benzene rings is 1. The molecule has 1 aromatic carbocycles. The maximum Gasteiger partial charge on any atom is 0.202 e. The minimum Gasteiger partial charge on any atom is -0.486 e. The van der Waals surface area contributed by atoms with Gasteiger partial charge >= 0.3 is 0 Å². The fourth-order valence-electron chi connectivity index (χ4n) is 5.52. The average molecular weight is 530 g/mol. The molecule has 0 bridgehead atoms. The van der Waals surface area contributed by atoms with Gasteiger partial charge in [0.05, 0.1) is 23.6 Å². The molecule has 0 amide bonds. The number of ether oxygens (including phenoxy) is 1. The van der Waals surface area contributed by atoms with E-state index >= 15 is 0 Å². The lowest BCUT2D eigenvalue weighted by Gasteiger charge is -2.40. The van der Waals surface area contributed by atoms with E-state index in [1.54, 1.807) is 41.6 Å². The standard InChI is InChI=1S/C28H25F2N7O2/c29-23-11-22-26-28(25(23)30)39-9-8-36(26)15-19(27(22)38)16-37(14-18-3-4-33-20(10-18)12-31)21-2-1-7-35(17-21)24-13-32-5-6-34-24/h3-6,10-11,13,15,21H,1-2,7-9,14,16-17H2. The van der Waals surface area contributed by atoms with Gasteiger partial charge in [-0.1, -0.05) is 0 Å². The van der Waals surface area contributed by atoms with E-state index in [0.717, 1.165) is 36.8 Å². The topological polar surface area (TPSA) is 100 Å². The number of aromatic nitrogens is 4. The summed E-state index contributed by atoms with van der Waals surface area (Å²) in [5.41, 5.74) is 1.61. The molecule has 6 rings (SSSR count). The van der Waals surface area contributed by atoms with Crippen molar-refractivity contribution in [3.05, 3.63) is 87.9 Å². The quantitative estimate of drug-likeness (QED) is 0.375. The summed E-state index contributed by atoms with van der Waals surface area (Å²) < 4.78 is 36.0. The van der Waals surface area contributed by atoms with Crippen LogP contribution in [0.5, 0.6) is 5.75 Å². The third-order valence-corrected chi connectivity index (χ3v) is 7.35. The van der Waals surface area contributed by atoms with Crippen molar-refractivity contribution in [3.8, 4) is 11.8 Å². The highest BCUT2D eigenvalue weighted by Gasteiger charge is 2.29. The van der Waals surface area contributed by atoms with Gasteiger partial charge in [0, 0.05) is 62.6 Å². The summed E-state index contributed by atoms with van der Waals surface area (Å²) in [7, 11) is 0. The minimum atomic E-state index is -1.11. The Kier molecular flexibility index (Phi) is 6.62. The SMILES string of the molecule is N#Cc1cc(CN(Cc2cn3c4c(c(F)c(F)cc4c2=O)OCC3)C2CCCN(c3cnccn3)C2)ccn1. The molecule has 198 valence electrons. The summed E-state index contributed by atoms with van der Waals surface area (Å²) in [6, 6.07) is 6.70. The number of pyridine rings is 2. The highest BCUT2D eigenvalue weighted by atomic mass is 19.2. The lowest BCUT2D eigenvalue weighted by molar-refractivity contribution is 0.157. The van der Waals surface area contributed by atoms with Gasteiger partial charge in [0.1, 0.15) is 24.2 Å². The second-order valence-corrected chi connectivity index (χ2v) is 9.79. The molecule has 0 spiro atoms. The zero-order chi connectivity index (χ0) is 26.9. The molecule has 5 heterocycles. The maximum absolute atomic E-state index is 14.4. The number of anilines is 1. The molecule has 9 nitrogen and oxygen atoms in total. The van der Waals surface area contributed by atoms with Crippen LogP contribution in [0.3, 0.4) is 0 Å². The minimum absolute atomic E-state index is 0.0553. The highest BCUT2D eigenvalue weighted by Crippen LogP contribution is 2.33. The van der Waals surface area contributed by atoms with Gasteiger partial charge in [0.15, 0.2) is 17.0 Å². The predicted molar refractivity (Wildman–Crippen MR) is 139 cm³/mol. The summed E-state index contributed by atoms with van der Waals surface area (Å²) in [5, 5.41) is 9.45. The zero-order valence-corrected chi connectivity index (χ0v) is 21.1. The van der Waals surface area contributed by atoms with Crippen molar-refractivity contribution in [1.29, 1.82) is 5.26 Å². The molecule has 11 heteroatoms. The largest absolute Gasteiger partial charge is 0.486 e. The molecule has 0 saturated carbocycles. The second kappa shape index (κ2) is 10.4. The van der Waals surface area contributed by atoms with Crippen LogP contribution in [0.15, 0.2) is 54.0 Å². The lowest BCUT2D eigenvalue weighted by Crippen LogP contribution is -2.48. The van der Waals surface area contributed by atoms with Crippen LogP contribution in [0.1, 0.15) is 29.7 Å². The molecule has 1 saturated heterocycles. The van der Waals surface area contributed by atoms with Crippen molar-refractivity contribution in [2.75, 3.05) is 24.6 Å². The monoisotopic (exact) mass is 529 g/mol. The Morgan fingerprint density at radius 1 is 1.15 bits per heavy atom. The van der Waals surface area contributed by atoms with E-state index in [-0.39, 0.29) is 41.3 Å². The Bertz CT molecular complexity index is 1640. The molecular formula is C28H25F2N7O2. The van der Waals surface area contributed by atoms with Crippen LogP contribution in [0, 0.1) is 23.0 Å². The number of nitrogens with zero attached hydrogens (tertiary/aromatic N) is 7. The van der Waals surface area contributed by atoms with Gasteiger partial charge in [-0.3, -0.25) is 14.7 Å². The van der Waals surface area contributed by atoms with Gasteiger partial charge in [-0.25, -0.2) is 14.4 Å². The molecule has 2 aliphatic rings. The third kappa shape index (κ3) is 4.79. The molecule has 4 aromatic rings. The average Bonchev–Trinajstić information content (AvgIpc) is 2.98. The van der Waals surface area contributed by atoms with E-state index in [0.29, 0.717) is 30.9 Å². The Balaban J connectivity index is 1.39. The number of hydrogen-bond donors (Lipinski definition) is 0. The van der Waals surface area contributed by atoms with Gasteiger partial charge in [-0.2, -0.15) is 9.65 Å². The second-order valence-electron chi connectivity index (χ2n) is 9.79. The van der Waals surface area contributed by atoms with E-state index in [9.17, 15) is 18.8 Å². The van der Waals surface area contributed by atoms with E-state index in [1.165, 1.54) is 0 Å². The van der Waals surface area contributed by atoms with Crippen molar-refractivity contribution in [2.24, 2.45) is 0 Å². The number of hydrogen-bond acceptors (Lipinski definition) is 8. The fraction of sp³-hybridized carbons (Fsp3) is 0.321. The van der Waals surface area contributed by atoms with Crippen LogP contribution >= 0.6 is 0 Å². The third-order valence-electron chi connectivity index (χ3n) is 7.35. The predicted octanol–water partition coefficient (Wildman–Crippen LogP) is 3.40. The van der Waals surface area contributed by atoms with E-state index in [4.69, 9.17) is 4.74 Å². The van der Waals surface area contributed by atoms with Gasteiger partial charge in [-0.05, 0) is 36.6 Å². The molecule has 1 fully saturated rings. The number of halogens is 2. The van der Waals surface area contributed by atoms with Crippen molar-refractivity contribution in [1.82, 2.24) is 24.4 Å². The molecule has 0 N–H and O–H groups in total.